The molecule has 7 heterocycles. The number of nitrogens with zero attached hydrogens (tertiary/aromatic N) is 9. The normalized spacial score (nSPS) is 12.0. The van der Waals surface area contributed by atoms with Crippen LogP contribution in [0.2, 0.25) is 0 Å². The molecule has 0 bridgehead atoms. The van der Waals surface area contributed by atoms with Crippen LogP contribution in [0.4, 0.5) is 0 Å². The van der Waals surface area contributed by atoms with Crippen LogP contribution in [0.15, 0.2) is 314 Å². The number of furan rings is 1. The van der Waals surface area contributed by atoms with E-state index in [1.54, 1.807) is 0 Å². The topological polar surface area (TPSA) is 97.3 Å². The molecular weight excluding hydrogens is 1160 g/mol. The van der Waals surface area contributed by atoms with Crippen LogP contribution < -0.4 is 0 Å². The Labute approximate surface area is 542 Å². The summed E-state index contributed by atoms with van der Waals surface area (Å²) in [5, 5.41) is 10.7. The van der Waals surface area contributed by atoms with Crippen LogP contribution in [-0.4, -0.2) is 43.2 Å². The average Bonchev–Trinajstić information content (AvgIpc) is 1.57. The molecule has 95 heavy (non-hydrogen) atoms. The van der Waals surface area contributed by atoms with E-state index in [4.69, 9.17) is 29.3 Å². The Hall–Kier alpha value is -13.1. The third kappa shape index (κ3) is 8.27. The van der Waals surface area contributed by atoms with E-state index in [1.165, 1.54) is 0 Å². The van der Waals surface area contributed by atoms with Crippen molar-refractivity contribution in [2.24, 2.45) is 0 Å². The second-order valence-corrected chi connectivity index (χ2v) is 24.4. The molecule has 0 aliphatic carbocycles. The maximum atomic E-state index is 6.26. The molecule has 0 atom stereocenters. The predicted molar refractivity (Wildman–Crippen MR) is 387 cm³/mol. The largest absolute Gasteiger partial charge is 0.456 e. The highest BCUT2D eigenvalue weighted by Crippen LogP contribution is 2.43. The van der Waals surface area contributed by atoms with Crippen molar-refractivity contribution in [1.29, 1.82) is 0 Å². The summed E-state index contributed by atoms with van der Waals surface area (Å²) in [6.07, 6.45) is 1.86. The summed E-state index contributed by atoms with van der Waals surface area (Å²) < 4.78 is 15.2. The standard InChI is InChI=1S/C85H51N9O/c1-5-19-52(20-6-1)56-33-38-74-64(45-56)65-46-57(53-21-7-2-8-22-53)34-39-75(65)91(74)83-88-84(92-76-40-35-58(54-23-9-3-10-24-54)47-66(76)67-48-59(36-41-77(67)92)55-25-11-4-12-26-55)90-85(89-83)94-73-31-17-14-28-62(73)69-50-68-61-27-13-16-30-72(61)93(78(68)51-79(69)94)82-86-44-43-71(87-82)60-37-42-81-70(49-60)63-29-15-18-32-80(63)95-81/h1-51H. The van der Waals surface area contributed by atoms with Crippen molar-refractivity contribution >= 4 is 109 Å². The van der Waals surface area contributed by atoms with E-state index in [0.717, 1.165) is 165 Å². The summed E-state index contributed by atoms with van der Waals surface area (Å²) in [6, 6.07) is 108. The molecule has 0 amide bonds. The van der Waals surface area contributed by atoms with Gasteiger partial charge in [-0.2, -0.15) is 15.0 Å². The van der Waals surface area contributed by atoms with Crippen LogP contribution in [-0.2, 0) is 0 Å². The van der Waals surface area contributed by atoms with Crippen LogP contribution in [0.3, 0.4) is 0 Å². The number of hydrogen-bond acceptors (Lipinski definition) is 6. The van der Waals surface area contributed by atoms with Crippen molar-refractivity contribution in [2.45, 2.75) is 0 Å². The quantitative estimate of drug-likeness (QED) is 0.143. The number of rotatable bonds is 9. The molecule has 0 spiro atoms. The van der Waals surface area contributed by atoms with E-state index in [1.807, 2.05) is 36.5 Å². The predicted octanol–water partition coefficient (Wildman–Crippen LogP) is 21.3. The lowest BCUT2D eigenvalue weighted by molar-refractivity contribution is 0.669. The van der Waals surface area contributed by atoms with Crippen LogP contribution in [0, 0.1) is 0 Å². The maximum absolute atomic E-state index is 6.26. The second kappa shape index (κ2) is 20.7. The molecule has 20 rings (SSSR count). The Balaban J connectivity index is 0.869. The smallest absolute Gasteiger partial charge is 0.241 e. The molecule has 13 aromatic carbocycles. The van der Waals surface area contributed by atoms with Crippen molar-refractivity contribution in [3.05, 3.63) is 310 Å². The van der Waals surface area contributed by atoms with Gasteiger partial charge in [0.25, 0.3) is 0 Å². The summed E-state index contributed by atoms with van der Waals surface area (Å²) >= 11 is 0. The Kier molecular flexibility index (Phi) is 11.5. The highest BCUT2D eigenvalue weighted by atomic mass is 16.3. The van der Waals surface area contributed by atoms with Gasteiger partial charge in [-0.3, -0.25) is 18.3 Å². The summed E-state index contributed by atoms with van der Waals surface area (Å²) in [4.78, 5) is 27.8. The van der Waals surface area contributed by atoms with E-state index in [9.17, 15) is 0 Å². The first kappa shape index (κ1) is 52.7. The fraction of sp³-hybridized carbons (Fsp3) is 0. The third-order valence-electron chi connectivity index (χ3n) is 19.1. The monoisotopic (exact) mass is 1210 g/mol. The molecule has 0 saturated heterocycles. The molecule has 442 valence electrons. The van der Waals surface area contributed by atoms with E-state index >= 15 is 0 Å². The van der Waals surface area contributed by atoms with Crippen LogP contribution >= 0.6 is 0 Å². The fourth-order valence-electron chi connectivity index (χ4n) is 14.7. The third-order valence-corrected chi connectivity index (χ3v) is 19.1. The second-order valence-electron chi connectivity index (χ2n) is 24.4. The van der Waals surface area contributed by atoms with Crippen LogP contribution in [0.1, 0.15) is 0 Å². The molecule has 0 radical (unpaired) electrons. The van der Waals surface area contributed by atoms with Gasteiger partial charge in [-0.05, 0) is 148 Å². The minimum absolute atomic E-state index is 0.451. The van der Waals surface area contributed by atoms with Gasteiger partial charge < -0.3 is 4.42 Å². The Morgan fingerprint density at radius 3 is 0.989 bits per heavy atom. The summed E-state index contributed by atoms with van der Waals surface area (Å²) in [6.45, 7) is 0. The van der Waals surface area contributed by atoms with Gasteiger partial charge in [0.15, 0.2) is 0 Å². The van der Waals surface area contributed by atoms with Crippen molar-refractivity contribution in [2.75, 3.05) is 0 Å². The molecule has 0 fully saturated rings. The summed E-state index contributed by atoms with van der Waals surface area (Å²) in [5.41, 5.74) is 20.1. The average molecular weight is 1210 g/mol. The van der Waals surface area contributed by atoms with E-state index in [2.05, 4.69) is 291 Å². The zero-order chi connectivity index (χ0) is 62.2. The van der Waals surface area contributed by atoms with E-state index < -0.39 is 0 Å². The highest BCUT2D eigenvalue weighted by molar-refractivity contribution is 6.20. The summed E-state index contributed by atoms with van der Waals surface area (Å²) in [7, 11) is 0. The highest BCUT2D eigenvalue weighted by Gasteiger charge is 2.26. The molecule has 10 nitrogen and oxygen atoms in total. The van der Waals surface area contributed by atoms with Gasteiger partial charge in [0.1, 0.15) is 11.2 Å². The first-order valence-corrected chi connectivity index (χ1v) is 32.0. The molecule has 0 saturated carbocycles. The number of para-hydroxylation sites is 3. The van der Waals surface area contributed by atoms with Gasteiger partial charge in [-0.1, -0.05) is 200 Å². The Morgan fingerprint density at radius 2 is 0.537 bits per heavy atom. The fourth-order valence-corrected chi connectivity index (χ4v) is 14.7. The number of aromatic nitrogens is 9. The van der Waals surface area contributed by atoms with Crippen molar-refractivity contribution in [1.82, 2.24) is 43.2 Å². The van der Waals surface area contributed by atoms with Gasteiger partial charge in [-0.15, -0.1) is 0 Å². The number of benzene rings is 13. The minimum Gasteiger partial charge on any atom is -0.456 e. The van der Waals surface area contributed by atoms with Crippen molar-refractivity contribution in [3.8, 4) is 79.6 Å². The summed E-state index contributed by atoms with van der Waals surface area (Å²) in [5.74, 6) is 1.93. The van der Waals surface area contributed by atoms with Crippen LogP contribution in [0.25, 0.3) is 189 Å². The molecule has 0 aliphatic heterocycles. The molecule has 0 aliphatic rings. The molecule has 0 unspecified atom stereocenters. The Morgan fingerprint density at radius 1 is 0.200 bits per heavy atom. The zero-order valence-corrected chi connectivity index (χ0v) is 50.9. The van der Waals surface area contributed by atoms with E-state index in [-0.39, 0.29) is 0 Å². The first-order chi connectivity index (χ1) is 47.1. The first-order valence-electron chi connectivity index (χ1n) is 32.0. The Bertz CT molecular complexity index is 6110. The lowest BCUT2D eigenvalue weighted by Gasteiger charge is -2.14. The van der Waals surface area contributed by atoms with Crippen molar-refractivity contribution < 1.29 is 4.42 Å². The van der Waals surface area contributed by atoms with Gasteiger partial charge in [0.2, 0.25) is 23.8 Å². The number of hydrogen-bond donors (Lipinski definition) is 0. The number of fused-ring (bicyclic) bond motifs is 15. The molecule has 0 N–H and O–H groups in total. The van der Waals surface area contributed by atoms with Gasteiger partial charge in [0, 0.05) is 65.6 Å². The lowest BCUT2D eigenvalue weighted by Crippen LogP contribution is -2.13. The van der Waals surface area contributed by atoms with Gasteiger partial charge in [-0.25, -0.2) is 9.97 Å². The van der Waals surface area contributed by atoms with E-state index in [0.29, 0.717) is 23.8 Å². The molecular formula is C85H51N9O. The van der Waals surface area contributed by atoms with Crippen LogP contribution in [0.5, 0.6) is 0 Å². The molecule has 20 aromatic rings. The molecule has 10 heteroatoms. The van der Waals surface area contributed by atoms with Gasteiger partial charge in [0.05, 0.1) is 49.8 Å². The molecule has 7 aromatic heterocycles. The SMILES string of the molecule is c1ccc(-c2ccc3c(c2)c2cc(-c4ccccc4)ccc2n3-c2nc(-n3c4ccc(-c5ccccc5)cc4c4cc(-c5ccccc5)ccc43)nc(-n3c4ccccc4c4cc5c6ccccc6n(-c6nccc(-c7ccc8oc9ccccc9c8c7)n6)c5cc43)n2)cc1. The van der Waals surface area contributed by atoms with Crippen molar-refractivity contribution in [3.63, 3.8) is 0 Å². The van der Waals surface area contributed by atoms with Gasteiger partial charge >= 0.3 is 0 Å². The minimum atomic E-state index is 0.451. The zero-order valence-electron chi connectivity index (χ0n) is 50.9. The lowest BCUT2D eigenvalue weighted by atomic mass is 10.0. The maximum Gasteiger partial charge on any atom is 0.241 e.